The quantitative estimate of drug-likeness (QED) is 0.850. The zero-order valence-corrected chi connectivity index (χ0v) is 12.1. The summed E-state index contributed by atoms with van der Waals surface area (Å²) in [5, 5.41) is 4.39. The molecule has 1 nitrogen and oxygen atoms in total. The Labute approximate surface area is 116 Å². The summed E-state index contributed by atoms with van der Waals surface area (Å²) in [4.78, 5) is 0. The van der Waals surface area contributed by atoms with Crippen molar-refractivity contribution in [1.29, 1.82) is 0 Å². The van der Waals surface area contributed by atoms with Gasteiger partial charge in [0.05, 0.1) is 5.02 Å². The fourth-order valence-corrected chi connectivity index (χ4v) is 3.23. The van der Waals surface area contributed by atoms with Crippen LogP contribution in [0.4, 0.5) is 0 Å². The molecule has 0 spiro atoms. The number of hydrogen-bond acceptors (Lipinski definition) is 1. The standard InChI is InChI=1S/C14H17BrClN/c15-12-7-10(1-4-13(12)16)8-17-9-14(5-6-14)11-2-3-11/h1,4,7,11,17H,2-3,5-6,8-9H2. The van der Waals surface area contributed by atoms with Crippen LogP contribution in [0.3, 0.4) is 0 Å². The van der Waals surface area contributed by atoms with Crippen LogP contribution in [-0.4, -0.2) is 6.54 Å². The van der Waals surface area contributed by atoms with Crippen LogP contribution in [0.2, 0.25) is 5.02 Å². The first kappa shape index (κ1) is 12.0. The van der Waals surface area contributed by atoms with E-state index in [1.807, 2.05) is 6.07 Å². The molecule has 1 aromatic carbocycles. The topological polar surface area (TPSA) is 12.0 Å². The molecule has 0 aliphatic heterocycles. The summed E-state index contributed by atoms with van der Waals surface area (Å²) in [6.07, 6.45) is 5.81. The predicted octanol–water partition coefficient (Wildman–Crippen LogP) is 4.38. The largest absolute Gasteiger partial charge is 0.312 e. The Morgan fingerprint density at radius 2 is 2.12 bits per heavy atom. The van der Waals surface area contributed by atoms with Crippen molar-refractivity contribution in [2.45, 2.75) is 32.2 Å². The molecule has 0 saturated heterocycles. The molecule has 3 heteroatoms. The van der Waals surface area contributed by atoms with Crippen molar-refractivity contribution < 1.29 is 0 Å². The average Bonchev–Trinajstić information content (AvgIpc) is 3.14. The summed E-state index contributed by atoms with van der Waals surface area (Å²) >= 11 is 9.44. The van der Waals surface area contributed by atoms with Gasteiger partial charge in [-0.05, 0) is 70.6 Å². The number of nitrogens with one attached hydrogen (secondary N) is 1. The molecule has 2 fully saturated rings. The maximum absolute atomic E-state index is 5.98. The summed E-state index contributed by atoms with van der Waals surface area (Å²) in [5.74, 6) is 1.03. The van der Waals surface area contributed by atoms with Crippen LogP contribution in [0.25, 0.3) is 0 Å². The van der Waals surface area contributed by atoms with Crippen molar-refractivity contribution in [3.05, 3.63) is 33.3 Å². The molecule has 0 unspecified atom stereocenters. The highest BCUT2D eigenvalue weighted by Crippen LogP contribution is 2.60. The van der Waals surface area contributed by atoms with E-state index in [0.29, 0.717) is 5.41 Å². The Morgan fingerprint density at radius 3 is 2.71 bits per heavy atom. The van der Waals surface area contributed by atoms with E-state index < -0.39 is 0 Å². The fraction of sp³-hybridized carbons (Fsp3) is 0.571. The van der Waals surface area contributed by atoms with Gasteiger partial charge in [-0.2, -0.15) is 0 Å². The second-order valence-electron chi connectivity index (χ2n) is 5.49. The van der Waals surface area contributed by atoms with Crippen LogP contribution in [0.5, 0.6) is 0 Å². The van der Waals surface area contributed by atoms with Crippen LogP contribution in [0, 0.1) is 11.3 Å². The smallest absolute Gasteiger partial charge is 0.0548 e. The molecule has 1 aromatic rings. The van der Waals surface area contributed by atoms with Gasteiger partial charge < -0.3 is 5.32 Å². The lowest BCUT2D eigenvalue weighted by molar-refractivity contribution is 0.403. The Balaban J connectivity index is 1.52. The van der Waals surface area contributed by atoms with Gasteiger partial charge in [0.25, 0.3) is 0 Å². The van der Waals surface area contributed by atoms with Gasteiger partial charge in [0.15, 0.2) is 0 Å². The number of benzene rings is 1. The monoisotopic (exact) mass is 313 g/mol. The molecule has 0 bridgehead atoms. The van der Waals surface area contributed by atoms with Crippen molar-refractivity contribution in [1.82, 2.24) is 5.32 Å². The first-order valence-corrected chi connectivity index (χ1v) is 7.51. The van der Waals surface area contributed by atoms with Crippen molar-refractivity contribution in [2.75, 3.05) is 6.54 Å². The van der Waals surface area contributed by atoms with Crippen LogP contribution < -0.4 is 5.32 Å². The maximum Gasteiger partial charge on any atom is 0.0548 e. The molecule has 3 rings (SSSR count). The lowest BCUT2D eigenvalue weighted by Gasteiger charge is -2.15. The minimum absolute atomic E-state index is 0.684. The number of hydrogen-bond donors (Lipinski definition) is 1. The lowest BCUT2D eigenvalue weighted by Crippen LogP contribution is -2.24. The average molecular weight is 315 g/mol. The Morgan fingerprint density at radius 1 is 1.35 bits per heavy atom. The summed E-state index contributed by atoms with van der Waals surface area (Å²) in [6.45, 7) is 2.14. The van der Waals surface area contributed by atoms with Gasteiger partial charge in [-0.3, -0.25) is 0 Å². The molecular weight excluding hydrogens is 298 g/mol. The van der Waals surface area contributed by atoms with Gasteiger partial charge in [-0.15, -0.1) is 0 Å². The van der Waals surface area contributed by atoms with Crippen LogP contribution in [0.15, 0.2) is 22.7 Å². The molecule has 1 N–H and O–H groups in total. The van der Waals surface area contributed by atoms with Gasteiger partial charge in [0.1, 0.15) is 0 Å². The highest BCUT2D eigenvalue weighted by atomic mass is 79.9. The third-order valence-electron chi connectivity index (χ3n) is 4.13. The molecule has 17 heavy (non-hydrogen) atoms. The predicted molar refractivity (Wildman–Crippen MR) is 75.2 cm³/mol. The normalized spacial score (nSPS) is 21.5. The fourth-order valence-electron chi connectivity index (χ4n) is 2.69. The zero-order chi connectivity index (χ0) is 11.9. The van der Waals surface area contributed by atoms with Crippen LogP contribution in [0.1, 0.15) is 31.2 Å². The second kappa shape index (κ2) is 4.56. The van der Waals surface area contributed by atoms with Gasteiger partial charge >= 0.3 is 0 Å². The third kappa shape index (κ3) is 2.69. The molecule has 0 heterocycles. The van der Waals surface area contributed by atoms with E-state index in [0.717, 1.165) is 22.0 Å². The van der Waals surface area contributed by atoms with Gasteiger partial charge in [0.2, 0.25) is 0 Å². The molecule has 2 saturated carbocycles. The van der Waals surface area contributed by atoms with E-state index in [1.54, 1.807) is 0 Å². The van der Waals surface area contributed by atoms with E-state index in [4.69, 9.17) is 11.6 Å². The minimum atomic E-state index is 0.684. The van der Waals surface area contributed by atoms with E-state index >= 15 is 0 Å². The molecule has 92 valence electrons. The van der Waals surface area contributed by atoms with Gasteiger partial charge in [0, 0.05) is 17.6 Å². The molecule has 2 aliphatic carbocycles. The molecule has 0 amide bonds. The van der Waals surface area contributed by atoms with Gasteiger partial charge in [-0.25, -0.2) is 0 Å². The molecule has 0 aromatic heterocycles. The minimum Gasteiger partial charge on any atom is -0.312 e. The summed E-state index contributed by atoms with van der Waals surface area (Å²) < 4.78 is 0.988. The maximum atomic E-state index is 5.98. The SMILES string of the molecule is Clc1ccc(CNCC2(C3CC3)CC2)cc1Br. The lowest BCUT2D eigenvalue weighted by atomic mass is 10.0. The highest BCUT2D eigenvalue weighted by Gasteiger charge is 2.53. The first-order valence-electron chi connectivity index (χ1n) is 6.34. The molecule has 0 atom stereocenters. The third-order valence-corrected chi connectivity index (χ3v) is 5.34. The Hall–Kier alpha value is -0.0500. The molecule has 0 radical (unpaired) electrons. The number of halogens is 2. The van der Waals surface area contributed by atoms with Crippen molar-refractivity contribution in [2.24, 2.45) is 11.3 Å². The Kier molecular flexibility index (Phi) is 3.22. The highest BCUT2D eigenvalue weighted by molar-refractivity contribution is 9.10. The van der Waals surface area contributed by atoms with Crippen LogP contribution >= 0.6 is 27.5 Å². The summed E-state index contributed by atoms with van der Waals surface area (Å²) in [6, 6.07) is 6.15. The van der Waals surface area contributed by atoms with Crippen molar-refractivity contribution in [3.8, 4) is 0 Å². The van der Waals surface area contributed by atoms with E-state index in [9.17, 15) is 0 Å². The first-order chi connectivity index (χ1) is 8.20. The second-order valence-corrected chi connectivity index (χ2v) is 6.75. The summed E-state index contributed by atoms with van der Waals surface area (Å²) in [7, 11) is 0. The van der Waals surface area contributed by atoms with E-state index in [2.05, 4.69) is 33.4 Å². The van der Waals surface area contributed by atoms with Crippen molar-refractivity contribution >= 4 is 27.5 Å². The molecular formula is C14H17BrClN. The van der Waals surface area contributed by atoms with E-state index in [1.165, 1.54) is 37.8 Å². The van der Waals surface area contributed by atoms with Gasteiger partial charge in [-0.1, -0.05) is 17.7 Å². The zero-order valence-electron chi connectivity index (χ0n) is 9.81. The van der Waals surface area contributed by atoms with E-state index in [-0.39, 0.29) is 0 Å². The summed E-state index contributed by atoms with van der Waals surface area (Å²) in [5.41, 5.74) is 1.98. The van der Waals surface area contributed by atoms with Crippen LogP contribution in [-0.2, 0) is 6.54 Å². The number of rotatable bonds is 5. The Bertz CT molecular complexity index is 424. The van der Waals surface area contributed by atoms with Crippen molar-refractivity contribution in [3.63, 3.8) is 0 Å². The molecule has 2 aliphatic rings.